The van der Waals surface area contributed by atoms with E-state index in [4.69, 9.17) is 4.74 Å². The topological polar surface area (TPSA) is 61.9 Å². The van der Waals surface area contributed by atoms with Crippen LogP contribution in [0.1, 0.15) is 44.0 Å². The van der Waals surface area contributed by atoms with Crippen LogP contribution in [0.2, 0.25) is 0 Å². The fraction of sp³-hybridized carbons (Fsp3) is 0.619. The smallest absolute Gasteiger partial charge is 0.246 e. The van der Waals surface area contributed by atoms with Crippen LogP contribution in [0, 0.1) is 0 Å². The van der Waals surface area contributed by atoms with E-state index in [1.165, 1.54) is 5.69 Å². The van der Waals surface area contributed by atoms with Gasteiger partial charge in [-0.05, 0) is 51.1 Å². The van der Waals surface area contributed by atoms with Crippen LogP contribution in [-0.2, 0) is 9.53 Å². The maximum absolute atomic E-state index is 11.7. The second-order valence-electron chi connectivity index (χ2n) is 7.22. The van der Waals surface area contributed by atoms with Gasteiger partial charge in [0.2, 0.25) is 5.91 Å². The summed E-state index contributed by atoms with van der Waals surface area (Å²) >= 11 is 0. The quantitative estimate of drug-likeness (QED) is 0.502. The van der Waals surface area contributed by atoms with Gasteiger partial charge in [-0.2, -0.15) is 0 Å². The Labute approximate surface area is 162 Å². The summed E-state index contributed by atoms with van der Waals surface area (Å²) in [5, 5.41) is 2.90. The summed E-state index contributed by atoms with van der Waals surface area (Å²) in [7, 11) is 0. The number of rotatable bonds is 10. The molecule has 1 N–H and O–H groups in total. The number of hydrogen-bond donors (Lipinski definition) is 1. The van der Waals surface area contributed by atoms with Crippen molar-refractivity contribution in [2.24, 2.45) is 0 Å². The molecule has 150 valence electrons. The molecule has 1 amide bonds. The first-order valence-corrected chi connectivity index (χ1v) is 9.98. The summed E-state index contributed by atoms with van der Waals surface area (Å²) in [5.41, 5.74) is 1.97. The predicted molar refractivity (Wildman–Crippen MR) is 108 cm³/mol. The lowest BCUT2D eigenvalue weighted by atomic mass is 10.1. The first kappa shape index (κ1) is 21.4. The highest BCUT2D eigenvalue weighted by atomic mass is 16.5. The van der Waals surface area contributed by atoms with Crippen molar-refractivity contribution in [3.63, 3.8) is 0 Å². The van der Waals surface area contributed by atoms with Gasteiger partial charge in [0.1, 0.15) is 6.61 Å². The number of amides is 1. The fourth-order valence-electron chi connectivity index (χ4n) is 3.12. The lowest BCUT2D eigenvalue weighted by Crippen LogP contribution is -2.47. The van der Waals surface area contributed by atoms with Crippen molar-refractivity contribution >= 4 is 17.4 Å². The Morgan fingerprint density at radius 1 is 1.11 bits per heavy atom. The fourth-order valence-corrected chi connectivity index (χ4v) is 3.12. The number of carbonyl (C=O) groups is 2. The van der Waals surface area contributed by atoms with E-state index in [1.54, 1.807) is 0 Å². The number of ether oxygens (including phenoxy) is 1. The van der Waals surface area contributed by atoms with E-state index < -0.39 is 0 Å². The minimum Gasteiger partial charge on any atom is -0.369 e. The molecule has 1 aliphatic heterocycles. The molecule has 6 heteroatoms. The van der Waals surface area contributed by atoms with Crippen LogP contribution in [0.5, 0.6) is 0 Å². The van der Waals surface area contributed by atoms with E-state index >= 15 is 0 Å². The molecule has 0 unspecified atom stereocenters. The van der Waals surface area contributed by atoms with Crippen molar-refractivity contribution in [1.82, 2.24) is 10.2 Å². The molecule has 0 spiro atoms. The molecular formula is C21H33N3O3. The van der Waals surface area contributed by atoms with Crippen molar-refractivity contribution < 1.29 is 14.3 Å². The van der Waals surface area contributed by atoms with Crippen molar-refractivity contribution in [2.45, 2.75) is 39.7 Å². The first-order chi connectivity index (χ1) is 13.0. The molecule has 1 fully saturated rings. The van der Waals surface area contributed by atoms with Crippen LogP contribution >= 0.6 is 0 Å². The lowest BCUT2D eigenvalue weighted by Gasteiger charge is -2.36. The van der Waals surface area contributed by atoms with E-state index in [-0.39, 0.29) is 24.4 Å². The zero-order valence-corrected chi connectivity index (χ0v) is 16.9. The average molecular weight is 376 g/mol. The van der Waals surface area contributed by atoms with Crippen LogP contribution in [0.3, 0.4) is 0 Å². The van der Waals surface area contributed by atoms with Gasteiger partial charge >= 0.3 is 0 Å². The Morgan fingerprint density at radius 2 is 1.78 bits per heavy atom. The monoisotopic (exact) mass is 375 g/mol. The van der Waals surface area contributed by atoms with Crippen molar-refractivity contribution in [2.75, 3.05) is 50.8 Å². The molecule has 0 atom stereocenters. The van der Waals surface area contributed by atoms with Gasteiger partial charge in [0, 0.05) is 50.4 Å². The number of ketones is 1. The molecule has 0 radical (unpaired) electrons. The highest BCUT2D eigenvalue weighted by Crippen LogP contribution is 2.18. The highest BCUT2D eigenvalue weighted by molar-refractivity contribution is 5.96. The minimum absolute atomic E-state index is 0.0430. The van der Waals surface area contributed by atoms with E-state index in [0.717, 1.165) is 44.7 Å². The molecule has 1 aromatic carbocycles. The lowest BCUT2D eigenvalue weighted by molar-refractivity contribution is -0.127. The average Bonchev–Trinajstić information content (AvgIpc) is 2.69. The summed E-state index contributed by atoms with van der Waals surface area (Å²) in [6.45, 7) is 11.5. The van der Waals surface area contributed by atoms with Crippen LogP contribution in [0.15, 0.2) is 24.3 Å². The Morgan fingerprint density at radius 3 is 2.37 bits per heavy atom. The van der Waals surface area contributed by atoms with Crippen LogP contribution in [0.25, 0.3) is 0 Å². The standard InChI is InChI=1S/C21H33N3O3/c1-4-20(25)18-6-8-19(9-7-18)24-14-12-23(13-15-24)11-5-10-22-21(26)16-27-17(2)3/h6-9,17H,4-5,10-16H2,1-3H3,(H,22,26). The number of hydrogen-bond acceptors (Lipinski definition) is 5. The second kappa shape index (κ2) is 11.0. The van der Waals surface area contributed by atoms with E-state index in [9.17, 15) is 9.59 Å². The molecule has 1 aliphatic rings. The van der Waals surface area contributed by atoms with Gasteiger partial charge in [-0.25, -0.2) is 0 Å². The van der Waals surface area contributed by atoms with Crippen LogP contribution < -0.4 is 10.2 Å². The van der Waals surface area contributed by atoms with Gasteiger partial charge in [0.05, 0.1) is 6.10 Å². The zero-order valence-electron chi connectivity index (χ0n) is 16.9. The van der Waals surface area contributed by atoms with E-state index in [1.807, 2.05) is 45.0 Å². The number of piperazine rings is 1. The SMILES string of the molecule is CCC(=O)c1ccc(N2CCN(CCCNC(=O)COC(C)C)CC2)cc1. The number of carbonyl (C=O) groups excluding carboxylic acids is 2. The molecule has 1 saturated heterocycles. The Hall–Kier alpha value is -1.92. The van der Waals surface area contributed by atoms with Gasteiger partial charge < -0.3 is 15.0 Å². The summed E-state index contributed by atoms with van der Waals surface area (Å²) < 4.78 is 5.28. The van der Waals surface area contributed by atoms with E-state index in [0.29, 0.717) is 13.0 Å². The van der Waals surface area contributed by atoms with E-state index in [2.05, 4.69) is 15.1 Å². The van der Waals surface area contributed by atoms with Crippen molar-refractivity contribution in [3.8, 4) is 0 Å². The summed E-state index contributed by atoms with van der Waals surface area (Å²) in [4.78, 5) is 28.1. The third-order valence-corrected chi connectivity index (χ3v) is 4.77. The zero-order chi connectivity index (χ0) is 19.6. The van der Waals surface area contributed by atoms with Gasteiger partial charge in [0.25, 0.3) is 0 Å². The second-order valence-corrected chi connectivity index (χ2v) is 7.22. The Balaban J connectivity index is 1.64. The number of nitrogens with zero attached hydrogens (tertiary/aromatic N) is 2. The molecule has 27 heavy (non-hydrogen) atoms. The molecule has 0 saturated carbocycles. The predicted octanol–water partition coefficient (Wildman–Crippen LogP) is 2.33. The van der Waals surface area contributed by atoms with Crippen molar-refractivity contribution in [3.05, 3.63) is 29.8 Å². The maximum Gasteiger partial charge on any atom is 0.246 e. The number of Topliss-reactive ketones (excluding diaryl/α,β-unsaturated/α-hetero) is 1. The number of nitrogens with one attached hydrogen (secondary N) is 1. The molecule has 6 nitrogen and oxygen atoms in total. The van der Waals surface area contributed by atoms with Gasteiger partial charge in [-0.15, -0.1) is 0 Å². The summed E-state index contributed by atoms with van der Waals surface area (Å²) in [6, 6.07) is 7.96. The molecule has 0 aliphatic carbocycles. The maximum atomic E-state index is 11.7. The summed E-state index contributed by atoms with van der Waals surface area (Å²) in [6.07, 6.45) is 1.57. The molecule has 0 bridgehead atoms. The molecule has 0 aromatic heterocycles. The van der Waals surface area contributed by atoms with Crippen LogP contribution in [0.4, 0.5) is 5.69 Å². The third-order valence-electron chi connectivity index (χ3n) is 4.77. The molecule has 1 heterocycles. The Bertz CT molecular complexity index is 593. The number of benzene rings is 1. The summed E-state index contributed by atoms with van der Waals surface area (Å²) in [5.74, 6) is 0.146. The van der Waals surface area contributed by atoms with Gasteiger partial charge in [-0.1, -0.05) is 6.92 Å². The van der Waals surface area contributed by atoms with Gasteiger partial charge in [0.15, 0.2) is 5.78 Å². The first-order valence-electron chi connectivity index (χ1n) is 9.98. The largest absolute Gasteiger partial charge is 0.369 e. The third kappa shape index (κ3) is 7.31. The highest BCUT2D eigenvalue weighted by Gasteiger charge is 2.17. The normalized spacial score (nSPS) is 15.2. The number of anilines is 1. The minimum atomic E-state index is -0.0430. The Kier molecular flexibility index (Phi) is 8.75. The molecule has 2 rings (SSSR count). The molecule has 1 aromatic rings. The van der Waals surface area contributed by atoms with Crippen molar-refractivity contribution in [1.29, 1.82) is 0 Å². The molecular weight excluding hydrogens is 342 g/mol. The van der Waals surface area contributed by atoms with Gasteiger partial charge in [-0.3, -0.25) is 14.5 Å². The van der Waals surface area contributed by atoms with Crippen LogP contribution in [-0.4, -0.2) is 68.6 Å².